The van der Waals surface area contributed by atoms with Crippen molar-refractivity contribution in [1.82, 2.24) is 4.98 Å². The summed E-state index contributed by atoms with van der Waals surface area (Å²) in [6.07, 6.45) is 2.88. The smallest absolute Gasteiger partial charge is 0.198 e. The molecule has 0 N–H and O–H groups in total. The van der Waals surface area contributed by atoms with Gasteiger partial charge in [0, 0.05) is 11.8 Å². The van der Waals surface area contributed by atoms with Gasteiger partial charge in [-0.3, -0.25) is 9.78 Å². The molecule has 0 fully saturated rings. The van der Waals surface area contributed by atoms with Crippen LogP contribution < -0.4 is 4.74 Å². The third kappa shape index (κ3) is 2.33. The van der Waals surface area contributed by atoms with Gasteiger partial charge in [-0.15, -0.1) is 0 Å². The molecule has 0 saturated carbocycles. The number of pyridine rings is 1. The summed E-state index contributed by atoms with van der Waals surface area (Å²) < 4.78 is 18.2. The van der Waals surface area contributed by atoms with E-state index >= 15 is 0 Å². The second-order valence-corrected chi connectivity index (χ2v) is 3.94. The van der Waals surface area contributed by atoms with E-state index < -0.39 is 11.6 Å². The summed E-state index contributed by atoms with van der Waals surface area (Å²) in [5, 5.41) is 0.195. The zero-order valence-electron chi connectivity index (χ0n) is 9.48. The van der Waals surface area contributed by atoms with Crippen LogP contribution in [-0.2, 0) is 0 Å². The van der Waals surface area contributed by atoms with Crippen molar-refractivity contribution < 1.29 is 13.9 Å². The standard InChI is InChI=1S/C13H9ClFNO2/c1-18-12-7-16-5-4-9(12)13(17)10-6-8(15)2-3-11(10)14/h2-7H,1H3. The van der Waals surface area contributed by atoms with E-state index in [9.17, 15) is 9.18 Å². The average Bonchev–Trinajstić information content (AvgIpc) is 2.40. The van der Waals surface area contributed by atoms with Crippen LogP contribution >= 0.6 is 11.6 Å². The van der Waals surface area contributed by atoms with E-state index in [0.29, 0.717) is 11.3 Å². The Morgan fingerprint density at radius 3 is 2.83 bits per heavy atom. The number of ether oxygens (including phenoxy) is 1. The summed E-state index contributed by atoms with van der Waals surface area (Å²) >= 11 is 5.89. The van der Waals surface area contributed by atoms with Crippen LogP contribution in [0.5, 0.6) is 5.75 Å². The van der Waals surface area contributed by atoms with Crippen LogP contribution in [0.3, 0.4) is 0 Å². The highest BCUT2D eigenvalue weighted by Crippen LogP contribution is 2.24. The van der Waals surface area contributed by atoms with Crippen molar-refractivity contribution in [3.05, 3.63) is 58.6 Å². The fourth-order valence-electron chi connectivity index (χ4n) is 1.55. The lowest BCUT2D eigenvalue weighted by molar-refractivity contribution is 0.103. The molecule has 92 valence electrons. The van der Waals surface area contributed by atoms with Crippen molar-refractivity contribution in [3.63, 3.8) is 0 Å². The lowest BCUT2D eigenvalue weighted by Gasteiger charge is -2.07. The molecule has 0 aliphatic rings. The van der Waals surface area contributed by atoms with Crippen LogP contribution in [0.4, 0.5) is 4.39 Å². The molecule has 2 rings (SSSR count). The van der Waals surface area contributed by atoms with Gasteiger partial charge in [0.15, 0.2) is 5.78 Å². The lowest BCUT2D eigenvalue weighted by Crippen LogP contribution is -2.05. The van der Waals surface area contributed by atoms with Crippen molar-refractivity contribution >= 4 is 17.4 Å². The summed E-state index contributed by atoms with van der Waals surface area (Å²) in [4.78, 5) is 16.1. The van der Waals surface area contributed by atoms with Gasteiger partial charge in [0.25, 0.3) is 0 Å². The molecule has 0 saturated heterocycles. The molecular weight excluding hydrogens is 257 g/mol. The van der Waals surface area contributed by atoms with E-state index in [1.807, 2.05) is 0 Å². The topological polar surface area (TPSA) is 39.2 Å². The van der Waals surface area contributed by atoms with E-state index in [-0.39, 0.29) is 10.6 Å². The molecule has 2 aromatic rings. The monoisotopic (exact) mass is 265 g/mol. The van der Waals surface area contributed by atoms with Crippen molar-refractivity contribution in [2.75, 3.05) is 7.11 Å². The quantitative estimate of drug-likeness (QED) is 0.801. The Kier molecular flexibility index (Phi) is 3.58. The number of hydrogen-bond acceptors (Lipinski definition) is 3. The molecular formula is C13H9ClFNO2. The molecule has 0 bridgehead atoms. The van der Waals surface area contributed by atoms with Gasteiger partial charge >= 0.3 is 0 Å². The molecule has 1 aromatic heterocycles. The highest BCUT2D eigenvalue weighted by atomic mass is 35.5. The molecule has 1 aromatic carbocycles. The van der Waals surface area contributed by atoms with E-state index in [0.717, 1.165) is 6.07 Å². The number of halogens is 2. The number of benzene rings is 1. The Morgan fingerprint density at radius 1 is 1.33 bits per heavy atom. The van der Waals surface area contributed by atoms with Crippen LogP contribution in [0.1, 0.15) is 15.9 Å². The lowest BCUT2D eigenvalue weighted by atomic mass is 10.0. The minimum Gasteiger partial charge on any atom is -0.494 e. The first kappa shape index (κ1) is 12.5. The predicted molar refractivity (Wildman–Crippen MR) is 65.6 cm³/mol. The molecule has 0 atom stereocenters. The number of hydrogen-bond donors (Lipinski definition) is 0. The van der Waals surface area contributed by atoms with E-state index in [1.54, 1.807) is 0 Å². The number of ketones is 1. The van der Waals surface area contributed by atoms with Crippen molar-refractivity contribution in [2.24, 2.45) is 0 Å². The van der Waals surface area contributed by atoms with Gasteiger partial charge in [0.1, 0.15) is 11.6 Å². The van der Waals surface area contributed by atoms with Crippen molar-refractivity contribution in [1.29, 1.82) is 0 Å². The van der Waals surface area contributed by atoms with Gasteiger partial charge in [-0.1, -0.05) is 11.6 Å². The number of methoxy groups -OCH3 is 1. The number of carbonyl (C=O) groups excluding carboxylic acids is 1. The fraction of sp³-hybridized carbons (Fsp3) is 0.0769. The van der Waals surface area contributed by atoms with E-state index in [2.05, 4.69) is 4.98 Å². The Balaban J connectivity index is 2.51. The normalized spacial score (nSPS) is 10.2. The van der Waals surface area contributed by atoms with Gasteiger partial charge in [-0.25, -0.2) is 4.39 Å². The molecule has 0 unspecified atom stereocenters. The van der Waals surface area contributed by atoms with Crippen LogP contribution in [0.15, 0.2) is 36.7 Å². The summed E-state index contributed by atoms with van der Waals surface area (Å²) in [6.45, 7) is 0. The first-order valence-corrected chi connectivity index (χ1v) is 5.49. The number of nitrogens with zero attached hydrogens (tertiary/aromatic N) is 1. The Bertz CT molecular complexity index is 601. The maximum absolute atomic E-state index is 13.2. The van der Waals surface area contributed by atoms with Crippen LogP contribution in [0, 0.1) is 5.82 Å². The summed E-state index contributed by atoms with van der Waals surface area (Å²) in [5.74, 6) is -0.600. The Labute approximate surface area is 108 Å². The molecule has 3 nitrogen and oxygen atoms in total. The highest BCUT2D eigenvalue weighted by Gasteiger charge is 2.17. The van der Waals surface area contributed by atoms with E-state index in [1.165, 1.54) is 37.7 Å². The first-order chi connectivity index (χ1) is 8.63. The Hall–Kier alpha value is -1.94. The van der Waals surface area contributed by atoms with Gasteiger partial charge < -0.3 is 4.74 Å². The van der Waals surface area contributed by atoms with Crippen molar-refractivity contribution in [3.8, 4) is 5.75 Å². The minimum atomic E-state index is -0.518. The van der Waals surface area contributed by atoms with Crippen LogP contribution in [0.25, 0.3) is 0 Å². The number of carbonyl (C=O) groups is 1. The third-order valence-electron chi connectivity index (χ3n) is 2.42. The van der Waals surface area contributed by atoms with Crippen LogP contribution in [0.2, 0.25) is 5.02 Å². The molecule has 0 aliphatic heterocycles. The van der Waals surface area contributed by atoms with Gasteiger partial charge in [-0.05, 0) is 24.3 Å². The second-order valence-electron chi connectivity index (χ2n) is 3.53. The molecule has 0 spiro atoms. The average molecular weight is 266 g/mol. The molecule has 0 amide bonds. The highest BCUT2D eigenvalue weighted by molar-refractivity contribution is 6.35. The first-order valence-electron chi connectivity index (χ1n) is 5.11. The van der Waals surface area contributed by atoms with Crippen molar-refractivity contribution in [2.45, 2.75) is 0 Å². The molecule has 1 heterocycles. The van der Waals surface area contributed by atoms with Crippen LogP contribution in [-0.4, -0.2) is 17.9 Å². The zero-order chi connectivity index (χ0) is 13.1. The SMILES string of the molecule is COc1cnccc1C(=O)c1cc(F)ccc1Cl. The zero-order valence-corrected chi connectivity index (χ0v) is 10.2. The molecule has 0 aliphatic carbocycles. The largest absolute Gasteiger partial charge is 0.494 e. The van der Waals surface area contributed by atoms with Gasteiger partial charge in [0.05, 0.1) is 23.9 Å². The van der Waals surface area contributed by atoms with Gasteiger partial charge in [0.2, 0.25) is 0 Å². The maximum Gasteiger partial charge on any atom is 0.198 e. The summed E-state index contributed by atoms with van der Waals surface area (Å²) in [7, 11) is 1.43. The van der Waals surface area contributed by atoms with Gasteiger partial charge in [-0.2, -0.15) is 0 Å². The number of aromatic nitrogens is 1. The summed E-state index contributed by atoms with van der Waals surface area (Å²) in [6, 6.07) is 5.15. The predicted octanol–water partition coefficient (Wildman–Crippen LogP) is 3.11. The minimum absolute atomic E-state index is 0.0983. The van der Waals surface area contributed by atoms with E-state index in [4.69, 9.17) is 16.3 Å². The summed E-state index contributed by atoms with van der Waals surface area (Å²) in [5.41, 5.74) is 0.390. The fourth-order valence-corrected chi connectivity index (χ4v) is 1.75. The second kappa shape index (κ2) is 5.14. The Morgan fingerprint density at radius 2 is 2.11 bits per heavy atom. The number of rotatable bonds is 3. The maximum atomic E-state index is 13.2. The molecule has 18 heavy (non-hydrogen) atoms. The molecule has 5 heteroatoms. The third-order valence-corrected chi connectivity index (χ3v) is 2.75. The molecule has 0 radical (unpaired) electrons.